The molecule has 0 aromatic rings. The Labute approximate surface area is 280 Å². The van der Waals surface area contributed by atoms with Crippen LogP contribution in [0.15, 0.2) is 47.6 Å². The fourth-order valence-corrected chi connectivity index (χ4v) is 11.3. The summed E-state index contributed by atoms with van der Waals surface area (Å²) in [6.07, 6.45) is 19.6. The maximum Gasteiger partial charge on any atom is 0.192 e. The van der Waals surface area contributed by atoms with Crippen molar-refractivity contribution in [3.8, 4) is 0 Å². The van der Waals surface area contributed by atoms with Gasteiger partial charge in [-0.05, 0) is 128 Å². The van der Waals surface area contributed by atoms with Gasteiger partial charge in [-0.3, -0.25) is 0 Å². The first-order chi connectivity index (χ1) is 20.5. The lowest BCUT2D eigenvalue weighted by Crippen LogP contribution is -2.53. The van der Waals surface area contributed by atoms with E-state index in [2.05, 4.69) is 113 Å². The van der Waals surface area contributed by atoms with Gasteiger partial charge in [0.15, 0.2) is 16.6 Å². The van der Waals surface area contributed by atoms with Gasteiger partial charge in [-0.2, -0.15) is 0 Å². The summed E-state index contributed by atoms with van der Waals surface area (Å²) in [4.78, 5) is 0. The van der Waals surface area contributed by atoms with E-state index in [0.29, 0.717) is 29.1 Å². The predicted octanol–water partition coefficient (Wildman–Crippen LogP) is 11.5. The molecule has 4 saturated carbocycles. The quantitative estimate of drug-likeness (QED) is 0.199. The van der Waals surface area contributed by atoms with Crippen molar-refractivity contribution >= 4 is 16.6 Å². The molecule has 3 nitrogen and oxygen atoms in total. The summed E-state index contributed by atoms with van der Waals surface area (Å²) in [7, 11) is -4.01. The molecule has 4 rings (SSSR count). The summed E-state index contributed by atoms with van der Waals surface area (Å²) < 4.78 is 14.4. The first kappa shape index (κ1) is 37.1. The maximum absolute atomic E-state index is 10.5. The van der Waals surface area contributed by atoms with E-state index in [1.54, 1.807) is 5.57 Å². The van der Waals surface area contributed by atoms with Crippen LogP contribution in [0.4, 0.5) is 0 Å². The first-order valence-corrected chi connectivity index (χ1v) is 24.1. The average Bonchev–Trinajstić information content (AvgIpc) is 3.67. The van der Waals surface area contributed by atoms with Crippen LogP contribution in [-0.4, -0.2) is 39.6 Å². The molecule has 0 amide bonds. The lowest BCUT2D eigenvalue weighted by atomic mass is 9.61. The molecule has 4 aliphatic rings. The second-order valence-corrected chi connectivity index (χ2v) is 28.7. The van der Waals surface area contributed by atoms with E-state index in [9.17, 15) is 5.11 Å². The van der Waals surface area contributed by atoms with Gasteiger partial charge in [-0.15, -0.1) is 0 Å². The molecule has 1 N–H and O–H groups in total. The van der Waals surface area contributed by atoms with Crippen molar-refractivity contribution in [1.82, 2.24) is 0 Å². The van der Waals surface area contributed by atoms with E-state index in [-0.39, 0.29) is 27.9 Å². The third kappa shape index (κ3) is 8.12. The Hall–Kier alpha value is -0.726. The van der Waals surface area contributed by atoms with Crippen molar-refractivity contribution < 1.29 is 14.0 Å². The summed E-state index contributed by atoms with van der Waals surface area (Å²) in [5.41, 5.74) is 4.19. The highest BCUT2D eigenvalue weighted by atomic mass is 28.4. The van der Waals surface area contributed by atoms with Crippen molar-refractivity contribution in [2.75, 3.05) is 0 Å². The Morgan fingerprint density at radius 2 is 1.53 bits per heavy atom. The standard InChI is InChI=1S/C40H70O3Si2/c1-28(17-24-35(41)31-19-20-31)33-22-23-34-30(16-15-25-40(33,34)10)18-21-32-26-39(9,43-45(13,14)38(6,7)8)27-36(29(32)2)42-44(11,12)37(3,4)5/h17-18,21,24,28,31,33-36,41H,2,15-16,19-20,22-23,25-27H2,1,3-14H3/b24-17+,30-18+,32-21+/t28-,33-,34+,35-,36+,39-,40-/m1/s1. The van der Waals surface area contributed by atoms with Gasteiger partial charge in [0.25, 0.3) is 0 Å². The minimum Gasteiger partial charge on any atom is -0.411 e. The van der Waals surface area contributed by atoms with Gasteiger partial charge < -0.3 is 14.0 Å². The molecule has 0 bridgehead atoms. The fraction of sp³-hybridized carbons (Fsp3) is 0.800. The monoisotopic (exact) mass is 654 g/mol. The third-order valence-corrected chi connectivity index (χ3v) is 22.5. The molecule has 5 heteroatoms. The van der Waals surface area contributed by atoms with Gasteiger partial charge in [0, 0.05) is 12.8 Å². The van der Waals surface area contributed by atoms with Crippen LogP contribution >= 0.6 is 0 Å². The zero-order valence-corrected chi connectivity index (χ0v) is 33.6. The Bertz CT molecular complexity index is 1180. The van der Waals surface area contributed by atoms with Gasteiger partial charge >= 0.3 is 0 Å². The number of fused-ring (bicyclic) bond motifs is 1. The molecule has 0 saturated heterocycles. The maximum atomic E-state index is 10.5. The topological polar surface area (TPSA) is 38.7 Å². The molecule has 0 unspecified atom stereocenters. The average molecular weight is 655 g/mol. The number of hydrogen-bond donors (Lipinski definition) is 1. The molecule has 7 atom stereocenters. The molecular formula is C40H70O3Si2. The second-order valence-electron chi connectivity index (χ2n) is 19.2. The van der Waals surface area contributed by atoms with Crippen LogP contribution in [0, 0.1) is 29.1 Å². The van der Waals surface area contributed by atoms with Crippen LogP contribution in [0.25, 0.3) is 0 Å². The molecule has 45 heavy (non-hydrogen) atoms. The Morgan fingerprint density at radius 1 is 0.911 bits per heavy atom. The van der Waals surface area contributed by atoms with Crippen LogP contribution in [0.5, 0.6) is 0 Å². The summed E-state index contributed by atoms with van der Waals surface area (Å²) >= 11 is 0. The number of hydrogen-bond acceptors (Lipinski definition) is 3. The highest BCUT2D eigenvalue weighted by Crippen LogP contribution is 2.60. The van der Waals surface area contributed by atoms with Crippen molar-refractivity contribution in [3.63, 3.8) is 0 Å². The van der Waals surface area contributed by atoms with Crippen molar-refractivity contribution in [2.45, 2.75) is 174 Å². The van der Waals surface area contributed by atoms with Gasteiger partial charge in [0.1, 0.15) is 0 Å². The number of aliphatic hydroxyl groups is 1. The predicted molar refractivity (Wildman–Crippen MR) is 199 cm³/mol. The molecule has 0 aromatic heterocycles. The summed E-state index contributed by atoms with van der Waals surface area (Å²) in [6.45, 7) is 35.6. The fourth-order valence-electron chi connectivity index (χ4n) is 8.34. The largest absolute Gasteiger partial charge is 0.411 e. The number of rotatable bonds is 9. The first-order valence-electron chi connectivity index (χ1n) is 18.3. The van der Waals surface area contributed by atoms with Gasteiger partial charge in [0.05, 0.1) is 17.8 Å². The molecule has 0 aliphatic heterocycles. The van der Waals surface area contributed by atoms with Crippen LogP contribution < -0.4 is 0 Å². The zero-order chi connectivity index (χ0) is 33.8. The lowest BCUT2D eigenvalue weighted by Gasteiger charge is -2.50. The molecule has 0 aromatic carbocycles. The molecule has 4 fully saturated rings. The molecule has 4 aliphatic carbocycles. The third-order valence-electron chi connectivity index (χ3n) is 13.4. The minimum absolute atomic E-state index is 0.00910. The summed E-state index contributed by atoms with van der Waals surface area (Å²) in [5, 5.41) is 10.8. The van der Waals surface area contributed by atoms with Crippen LogP contribution in [-0.2, 0) is 8.85 Å². The lowest BCUT2D eigenvalue weighted by molar-refractivity contribution is 0.0172. The van der Waals surface area contributed by atoms with E-state index < -0.39 is 16.6 Å². The normalized spacial score (nSPS) is 35.3. The zero-order valence-electron chi connectivity index (χ0n) is 31.6. The van der Waals surface area contributed by atoms with Crippen LogP contribution in [0.3, 0.4) is 0 Å². The van der Waals surface area contributed by atoms with E-state index in [1.165, 1.54) is 56.1 Å². The molecule has 0 heterocycles. The Balaban J connectivity index is 1.61. The van der Waals surface area contributed by atoms with Gasteiger partial charge in [0.2, 0.25) is 0 Å². The van der Waals surface area contributed by atoms with Gasteiger partial charge in [-0.1, -0.05) is 91.8 Å². The van der Waals surface area contributed by atoms with Crippen LogP contribution in [0.1, 0.15) is 120 Å². The smallest absolute Gasteiger partial charge is 0.192 e. The molecule has 0 radical (unpaired) electrons. The van der Waals surface area contributed by atoms with Crippen molar-refractivity contribution in [3.05, 3.63) is 47.6 Å². The molecule has 0 spiro atoms. The minimum atomic E-state index is -2.01. The highest BCUT2D eigenvalue weighted by molar-refractivity contribution is 6.74. The Kier molecular flexibility index (Phi) is 10.7. The second kappa shape index (κ2) is 13.0. The van der Waals surface area contributed by atoms with Crippen LogP contribution in [0.2, 0.25) is 36.3 Å². The SMILES string of the molecule is C=C1/C(=C/C=C2\CCC[C@]3(C)[C@@H]([C@H](C)/C=C/[C@@H](O)C4CC4)CC[C@@H]23)C[C@@](C)(O[Si](C)(C)C(C)(C)C)C[C@@H]1O[Si](C)(C)C(C)(C)C. The van der Waals surface area contributed by atoms with E-state index >= 15 is 0 Å². The Morgan fingerprint density at radius 3 is 2.11 bits per heavy atom. The summed E-state index contributed by atoms with van der Waals surface area (Å²) in [6, 6.07) is 0. The highest BCUT2D eigenvalue weighted by Gasteiger charge is 2.51. The number of aliphatic hydroxyl groups excluding tert-OH is 1. The molecular weight excluding hydrogens is 585 g/mol. The molecule has 256 valence electrons. The van der Waals surface area contributed by atoms with E-state index in [4.69, 9.17) is 15.4 Å². The van der Waals surface area contributed by atoms with Crippen molar-refractivity contribution in [1.29, 1.82) is 0 Å². The number of allylic oxidation sites excluding steroid dienone is 4. The van der Waals surface area contributed by atoms with Gasteiger partial charge in [-0.25, -0.2) is 0 Å². The summed E-state index contributed by atoms with van der Waals surface area (Å²) in [5.74, 6) is 2.33. The van der Waals surface area contributed by atoms with E-state index in [0.717, 1.165) is 12.8 Å². The van der Waals surface area contributed by atoms with E-state index in [1.807, 2.05) is 0 Å². The van der Waals surface area contributed by atoms with Crippen molar-refractivity contribution in [2.24, 2.45) is 29.1 Å².